The van der Waals surface area contributed by atoms with E-state index in [-0.39, 0.29) is 23.3 Å². The highest BCUT2D eigenvalue weighted by atomic mass is 79.9. The van der Waals surface area contributed by atoms with Crippen LogP contribution in [0.25, 0.3) is 0 Å². The van der Waals surface area contributed by atoms with E-state index >= 15 is 0 Å². The number of hydrogen-bond acceptors (Lipinski definition) is 1. The molecule has 0 amide bonds. The van der Waals surface area contributed by atoms with Crippen LogP contribution in [0.1, 0.15) is 45.6 Å². The monoisotopic (exact) mass is 342 g/mol. The van der Waals surface area contributed by atoms with Gasteiger partial charge >= 0.3 is 0 Å². The first-order valence-electron chi connectivity index (χ1n) is 7.40. The van der Waals surface area contributed by atoms with Crippen molar-refractivity contribution in [1.82, 2.24) is 0 Å². The summed E-state index contributed by atoms with van der Waals surface area (Å²) in [6, 6.07) is 5.15. The van der Waals surface area contributed by atoms with Crippen molar-refractivity contribution in [2.45, 2.75) is 52.6 Å². The zero-order valence-electron chi connectivity index (χ0n) is 12.5. The molecule has 0 heterocycles. The highest BCUT2D eigenvalue weighted by molar-refractivity contribution is 9.10. The van der Waals surface area contributed by atoms with Gasteiger partial charge in [0.2, 0.25) is 0 Å². The predicted octanol–water partition coefficient (Wildman–Crippen LogP) is 4.95. The molecule has 1 aromatic rings. The maximum atomic E-state index is 13.6. The summed E-state index contributed by atoms with van der Waals surface area (Å²) in [5, 5.41) is 10.3. The lowest BCUT2D eigenvalue weighted by atomic mass is 9.67. The van der Waals surface area contributed by atoms with Crippen molar-refractivity contribution in [3.8, 4) is 0 Å². The molecule has 1 N–H and O–H groups in total. The van der Waals surface area contributed by atoms with E-state index in [4.69, 9.17) is 0 Å². The average Bonchev–Trinajstić information content (AvgIpc) is 2.36. The van der Waals surface area contributed by atoms with Gasteiger partial charge in [-0.3, -0.25) is 0 Å². The minimum Gasteiger partial charge on any atom is -0.393 e. The summed E-state index contributed by atoms with van der Waals surface area (Å²) < 4.78 is 14.1. The van der Waals surface area contributed by atoms with Crippen LogP contribution in [0.4, 0.5) is 4.39 Å². The van der Waals surface area contributed by atoms with Gasteiger partial charge in [-0.05, 0) is 70.5 Å². The molecule has 20 heavy (non-hydrogen) atoms. The third-order valence-electron chi connectivity index (χ3n) is 4.68. The Bertz CT molecular complexity index is 467. The Hall–Kier alpha value is -0.410. The molecule has 3 unspecified atom stereocenters. The summed E-state index contributed by atoms with van der Waals surface area (Å²) in [5.41, 5.74) is 1.24. The van der Waals surface area contributed by atoms with Crippen molar-refractivity contribution in [2.75, 3.05) is 0 Å². The van der Waals surface area contributed by atoms with Crippen LogP contribution in [0.15, 0.2) is 22.7 Å². The Morgan fingerprint density at radius 3 is 2.65 bits per heavy atom. The molecule has 3 heteroatoms. The summed E-state index contributed by atoms with van der Waals surface area (Å²) in [6.45, 7) is 6.81. The van der Waals surface area contributed by atoms with E-state index in [1.54, 1.807) is 6.07 Å². The molecule has 0 radical (unpaired) electrons. The molecule has 1 fully saturated rings. The second-order valence-electron chi connectivity index (χ2n) is 7.12. The van der Waals surface area contributed by atoms with Crippen LogP contribution in [0.2, 0.25) is 0 Å². The lowest BCUT2D eigenvalue weighted by Crippen LogP contribution is -2.35. The smallest absolute Gasteiger partial charge is 0.137 e. The zero-order chi connectivity index (χ0) is 14.9. The van der Waals surface area contributed by atoms with E-state index in [1.165, 1.54) is 6.07 Å². The molecule has 0 aromatic heterocycles. The highest BCUT2D eigenvalue weighted by Crippen LogP contribution is 2.41. The lowest BCUT2D eigenvalue weighted by molar-refractivity contribution is 0.0195. The standard InChI is InChI=1S/C17H24BrFO/c1-17(2,3)13-7-8-15(20)12(10-13)9-11-5-4-6-14(19)16(11)18/h4-6,12-13,15,20H,7-10H2,1-3H3. The number of halogens is 2. The van der Waals surface area contributed by atoms with Gasteiger partial charge in [0.05, 0.1) is 10.6 Å². The first kappa shape index (κ1) is 16.0. The quantitative estimate of drug-likeness (QED) is 0.805. The largest absolute Gasteiger partial charge is 0.393 e. The van der Waals surface area contributed by atoms with Crippen molar-refractivity contribution < 1.29 is 9.50 Å². The molecule has 1 aliphatic rings. The van der Waals surface area contributed by atoms with Crippen molar-refractivity contribution in [3.63, 3.8) is 0 Å². The molecule has 112 valence electrons. The summed E-state index contributed by atoms with van der Waals surface area (Å²) in [4.78, 5) is 0. The van der Waals surface area contributed by atoms with Crippen LogP contribution in [-0.4, -0.2) is 11.2 Å². The Balaban J connectivity index is 2.12. The van der Waals surface area contributed by atoms with Gasteiger partial charge in [-0.15, -0.1) is 0 Å². The molecule has 1 saturated carbocycles. The van der Waals surface area contributed by atoms with Gasteiger partial charge in [-0.1, -0.05) is 32.9 Å². The van der Waals surface area contributed by atoms with Crippen LogP contribution >= 0.6 is 15.9 Å². The fraction of sp³-hybridized carbons (Fsp3) is 0.647. The molecule has 0 bridgehead atoms. The zero-order valence-corrected chi connectivity index (χ0v) is 14.1. The number of rotatable bonds is 2. The van der Waals surface area contributed by atoms with Crippen LogP contribution < -0.4 is 0 Å². The predicted molar refractivity (Wildman–Crippen MR) is 84.1 cm³/mol. The molecular weight excluding hydrogens is 319 g/mol. The summed E-state index contributed by atoms with van der Waals surface area (Å²) in [5.74, 6) is 0.634. The van der Waals surface area contributed by atoms with E-state index in [9.17, 15) is 9.50 Å². The second kappa shape index (κ2) is 6.15. The van der Waals surface area contributed by atoms with Crippen molar-refractivity contribution >= 4 is 15.9 Å². The minimum absolute atomic E-state index is 0.222. The molecule has 0 aliphatic heterocycles. The van der Waals surface area contributed by atoms with Gasteiger partial charge in [-0.2, -0.15) is 0 Å². The molecule has 1 aromatic carbocycles. The third-order valence-corrected chi connectivity index (χ3v) is 5.57. The molecule has 1 aliphatic carbocycles. The van der Waals surface area contributed by atoms with E-state index in [0.717, 1.165) is 31.2 Å². The third kappa shape index (κ3) is 3.62. The van der Waals surface area contributed by atoms with Crippen LogP contribution in [0, 0.1) is 23.1 Å². The lowest BCUT2D eigenvalue weighted by Gasteiger charge is -2.40. The summed E-state index contributed by atoms with van der Waals surface area (Å²) >= 11 is 3.32. The van der Waals surface area contributed by atoms with E-state index in [2.05, 4.69) is 36.7 Å². The van der Waals surface area contributed by atoms with Crippen LogP contribution in [0.5, 0.6) is 0 Å². The molecule has 0 spiro atoms. The number of benzene rings is 1. The summed E-state index contributed by atoms with van der Waals surface area (Å²) in [6.07, 6.45) is 3.45. The summed E-state index contributed by atoms with van der Waals surface area (Å²) in [7, 11) is 0. The van der Waals surface area contributed by atoms with Crippen LogP contribution in [0.3, 0.4) is 0 Å². The fourth-order valence-corrected chi connectivity index (χ4v) is 3.67. The van der Waals surface area contributed by atoms with Crippen LogP contribution in [-0.2, 0) is 6.42 Å². The van der Waals surface area contributed by atoms with Gasteiger partial charge in [-0.25, -0.2) is 4.39 Å². The van der Waals surface area contributed by atoms with Gasteiger partial charge < -0.3 is 5.11 Å². The maximum Gasteiger partial charge on any atom is 0.137 e. The number of hydrogen-bond donors (Lipinski definition) is 1. The topological polar surface area (TPSA) is 20.2 Å². The first-order valence-corrected chi connectivity index (χ1v) is 8.19. The number of aliphatic hydroxyl groups is 1. The Kier molecular flexibility index (Phi) is 4.91. The minimum atomic E-state index is -0.260. The Morgan fingerprint density at radius 1 is 1.30 bits per heavy atom. The number of aliphatic hydroxyl groups excluding tert-OH is 1. The Morgan fingerprint density at radius 2 is 2.00 bits per heavy atom. The molecule has 3 atom stereocenters. The van der Waals surface area contributed by atoms with Gasteiger partial charge in [0.15, 0.2) is 0 Å². The SMILES string of the molecule is CC(C)(C)C1CCC(O)C(Cc2cccc(F)c2Br)C1. The Labute approximate surface area is 129 Å². The highest BCUT2D eigenvalue weighted by Gasteiger charge is 2.35. The van der Waals surface area contributed by atoms with Gasteiger partial charge in [0, 0.05) is 0 Å². The molecular formula is C17H24BrFO. The molecule has 0 saturated heterocycles. The van der Waals surface area contributed by atoms with Gasteiger partial charge in [0.25, 0.3) is 0 Å². The molecule has 2 rings (SSSR count). The van der Waals surface area contributed by atoms with Crippen molar-refractivity contribution in [3.05, 3.63) is 34.1 Å². The van der Waals surface area contributed by atoms with Crippen molar-refractivity contribution in [1.29, 1.82) is 0 Å². The average molecular weight is 343 g/mol. The normalized spacial score (nSPS) is 27.6. The second-order valence-corrected chi connectivity index (χ2v) is 7.91. The fourth-order valence-electron chi connectivity index (χ4n) is 3.24. The van der Waals surface area contributed by atoms with Crippen molar-refractivity contribution in [2.24, 2.45) is 17.3 Å². The first-order chi connectivity index (χ1) is 9.29. The van der Waals surface area contributed by atoms with E-state index in [1.807, 2.05) is 6.07 Å². The van der Waals surface area contributed by atoms with E-state index < -0.39 is 0 Å². The van der Waals surface area contributed by atoms with Gasteiger partial charge in [0.1, 0.15) is 5.82 Å². The van der Waals surface area contributed by atoms with E-state index in [0.29, 0.717) is 10.4 Å². The maximum absolute atomic E-state index is 13.6. The molecule has 1 nitrogen and oxygen atoms in total.